The third-order valence-electron chi connectivity index (χ3n) is 5.52. The van der Waals surface area contributed by atoms with Crippen molar-refractivity contribution in [2.45, 2.75) is 90.8 Å². The first-order chi connectivity index (χ1) is 9.90. The van der Waals surface area contributed by atoms with Crippen LogP contribution < -0.4 is 0 Å². The normalized spacial score (nSPS) is 29.9. The monoisotopic (exact) mass is 330 g/mol. The van der Waals surface area contributed by atoms with Gasteiger partial charge in [0.1, 0.15) is 6.10 Å². The molecule has 1 saturated heterocycles. The zero-order chi connectivity index (χ0) is 17.3. The first-order valence-corrected chi connectivity index (χ1v) is 11.4. The average molecular weight is 331 g/mol. The van der Waals surface area contributed by atoms with E-state index in [4.69, 9.17) is 9.16 Å². The Morgan fingerprint density at radius 1 is 1.41 bits per heavy atom. The predicted octanol–water partition coefficient (Wildman–Crippen LogP) is 3.74. The molecule has 22 heavy (non-hydrogen) atoms. The molecule has 0 radical (unpaired) electrons. The molecule has 5 atom stereocenters. The topological polar surface area (TPSA) is 55.8 Å². The Balaban J connectivity index is 2.81. The standard InChI is InChI=1S/C17H34O4Si/c1-9-14(21-22(7,8)17(4,5)6)12(3)15-10-13(18)11(2)16(19)20-15/h11-15,18H,9-10H2,1-8H3/t11?,12-,13?,14+,15+/m0/s1. The lowest BCUT2D eigenvalue weighted by molar-refractivity contribution is -0.175. The minimum absolute atomic E-state index is 0.0549. The summed E-state index contributed by atoms with van der Waals surface area (Å²) in [5, 5.41) is 10.2. The Labute approximate surface area is 136 Å². The van der Waals surface area contributed by atoms with Crippen molar-refractivity contribution in [2.24, 2.45) is 11.8 Å². The Morgan fingerprint density at radius 3 is 2.36 bits per heavy atom. The van der Waals surface area contributed by atoms with Gasteiger partial charge in [0, 0.05) is 12.3 Å². The third kappa shape index (κ3) is 4.33. The van der Waals surface area contributed by atoms with Gasteiger partial charge in [0.05, 0.1) is 18.1 Å². The molecule has 2 unspecified atom stereocenters. The summed E-state index contributed by atoms with van der Waals surface area (Å²) in [4.78, 5) is 11.9. The fourth-order valence-corrected chi connectivity index (χ4v) is 4.07. The first kappa shape index (κ1) is 19.7. The van der Waals surface area contributed by atoms with Crippen LogP contribution in [0, 0.1) is 11.8 Å². The zero-order valence-corrected chi connectivity index (χ0v) is 16.5. The molecule has 4 nitrogen and oxygen atoms in total. The molecule has 1 fully saturated rings. The summed E-state index contributed by atoms with van der Waals surface area (Å²) in [6.07, 6.45) is 0.575. The maximum absolute atomic E-state index is 11.9. The van der Waals surface area contributed by atoms with Gasteiger partial charge in [0.25, 0.3) is 0 Å². The maximum Gasteiger partial charge on any atom is 0.311 e. The molecule has 0 aromatic heterocycles. The molecule has 1 aliphatic rings. The molecule has 1 heterocycles. The van der Waals surface area contributed by atoms with E-state index in [1.807, 2.05) is 0 Å². The summed E-state index contributed by atoms with van der Waals surface area (Å²) in [6.45, 7) is 17.1. The Kier molecular flexibility index (Phi) is 6.27. The minimum atomic E-state index is -1.87. The Morgan fingerprint density at radius 2 is 1.95 bits per heavy atom. The Hall–Kier alpha value is -0.393. The van der Waals surface area contributed by atoms with Crippen LogP contribution in [0.4, 0.5) is 0 Å². The summed E-state index contributed by atoms with van der Waals surface area (Å²) < 4.78 is 12.1. The van der Waals surface area contributed by atoms with Gasteiger partial charge in [-0.3, -0.25) is 4.79 Å². The molecule has 0 aromatic rings. The van der Waals surface area contributed by atoms with E-state index in [0.717, 1.165) is 6.42 Å². The second-order valence-electron chi connectivity index (χ2n) is 8.25. The zero-order valence-electron chi connectivity index (χ0n) is 15.5. The summed E-state index contributed by atoms with van der Waals surface area (Å²) >= 11 is 0. The highest BCUT2D eigenvalue weighted by molar-refractivity contribution is 6.74. The van der Waals surface area contributed by atoms with Crippen molar-refractivity contribution in [1.29, 1.82) is 0 Å². The van der Waals surface area contributed by atoms with E-state index < -0.39 is 20.3 Å². The van der Waals surface area contributed by atoms with E-state index in [2.05, 4.69) is 47.7 Å². The highest BCUT2D eigenvalue weighted by Gasteiger charge is 2.43. The summed E-state index contributed by atoms with van der Waals surface area (Å²) in [5.74, 6) is -0.632. The van der Waals surface area contributed by atoms with E-state index in [9.17, 15) is 9.90 Å². The van der Waals surface area contributed by atoms with Crippen LogP contribution in [0.2, 0.25) is 18.1 Å². The van der Waals surface area contributed by atoms with Crippen molar-refractivity contribution >= 4 is 14.3 Å². The van der Waals surface area contributed by atoms with Crippen molar-refractivity contribution in [3.8, 4) is 0 Å². The third-order valence-corrected chi connectivity index (χ3v) is 10.0. The fourth-order valence-electron chi connectivity index (χ4n) is 2.58. The van der Waals surface area contributed by atoms with Gasteiger partial charge in [0.15, 0.2) is 8.32 Å². The quantitative estimate of drug-likeness (QED) is 0.616. The van der Waals surface area contributed by atoms with Gasteiger partial charge >= 0.3 is 5.97 Å². The number of esters is 1. The maximum atomic E-state index is 11.9. The van der Waals surface area contributed by atoms with Gasteiger partial charge in [-0.25, -0.2) is 0 Å². The van der Waals surface area contributed by atoms with E-state index in [-0.39, 0.29) is 29.1 Å². The SMILES string of the molecule is CC[C@@H](O[Si](C)(C)C(C)(C)C)[C@H](C)[C@H]1CC(O)C(C)C(=O)O1. The molecule has 130 valence electrons. The number of aliphatic hydroxyl groups excluding tert-OH is 1. The van der Waals surface area contributed by atoms with E-state index in [1.54, 1.807) is 6.92 Å². The van der Waals surface area contributed by atoms with Crippen LogP contribution >= 0.6 is 0 Å². The molecule has 0 aliphatic carbocycles. The highest BCUT2D eigenvalue weighted by atomic mass is 28.4. The summed E-state index contributed by atoms with van der Waals surface area (Å²) in [5.41, 5.74) is 0. The number of rotatable bonds is 5. The van der Waals surface area contributed by atoms with Gasteiger partial charge in [-0.1, -0.05) is 34.6 Å². The molecule has 0 aromatic carbocycles. The van der Waals surface area contributed by atoms with Crippen LogP contribution in [0.25, 0.3) is 0 Å². The summed E-state index contributed by atoms with van der Waals surface area (Å²) in [7, 11) is -1.87. The van der Waals surface area contributed by atoms with Gasteiger partial charge < -0.3 is 14.3 Å². The lowest BCUT2D eigenvalue weighted by Crippen LogP contribution is -2.50. The fraction of sp³-hybridized carbons (Fsp3) is 0.941. The van der Waals surface area contributed by atoms with Crippen LogP contribution in [0.5, 0.6) is 0 Å². The first-order valence-electron chi connectivity index (χ1n) is 8.47. The second-order valence-corrected chi connectivity index (χ2v) is 13.0. The van der Waals surface area contributed by atoms with Crippen LogP contribution in [0.15, 0.2) is 0 Å². The molecule has 0 spiro atoms. The minimum Gasteiger partial charge on any atom is -0.462 e. The van der Waals surface area contributed by atoms with E-state index in [1.165, 1.54) is 0 Å². The molecule has 1 N–H and O–H groups in total. The lowest BCUT2D eigenvalue weighted by Gasteiger charge is -2.43. The molecular weight excluding hydrogens is 296 g/mol. The van der Waals surface area contributed by atoms with Crippen molar-refractivity contribution < 1.29 is 19.1 Å². The van der Waals surface area contributed by atoms with Crippen LogP contribution in [0.3, 0.4) is 0 Å². The average Bonchev–Trinajstić information content (AvgIpc) is 2.39. The largest absolute Gasteiger partial charge is 0.462 e. The number of cyclic esters (lactones) is 1. The highest BCUT2D eigenvalue weighted by Crippen LogP contribution is 2.39. The Bertz CT molecular complexity index is 389. The number of hydrogen-bond acceptors (Lipinski definition) is 4. The number of hydrogen-bond donors (Lipinski definition) is 1. The van der Waals surface area contributed by atoms with Crippen LogP contribution in [0.1, 0.15) is 54.4 Å². The molecule has 1 rings (SSSR count). The number of aliphatic hydroxyl groups is 1. The van der Waals surface area contributed by atoms with Crippen LogP contribution in [-0.2, 0) is 14.0 Å². The van der Waals surface area contributed by atoms with E-state index in [0.29, 0.717) is 6.42 Å². The lowest BCUT2D eigenvalue weighted by atomic mass is 9.87. The van der Waals surface area contributed by atoms with Gasteiger partial charge in [0.2, 0.25) is 0 Å². The van der Waals surface area contributed by atoms with Crippen LogP contribution in [-0.4, -0.2) is 37.7 Å². The van der Waals surface area contributed by atoms with Crippen molar-refractivity contribution in [1.82, 2.24) is 0 Å². The van der Waals surface area contributed by atoms with E-state index >= 15 is 0 Å². The van der Waals surface area contributed by atoms with Gasteiger partial charge in [-0.05, 0) is 31.5 Å². The predicted molar refractivity (Wildman–Crippen MR) is 91.2 cm³/mol. The van der Waals surface area contributed by atoms with Crippen molar-refractivity contribution in [3.05, 3.63) is 0 Å². The number of carbonyl (C=O) groups is 1. The number of ether oxygens (including phenoxy) is 1. The summed E-state index contributed by atoms with van der Waals surface area (Å²) in [6, 6.07) is 0. The molecular formula is C17H34O4Si. The molecule has 0 saturated carbocycles. The van der Waals surface area contributed by atoms with Gasteiger partial charge in [-0.2, -0.15) is 0 Å². The molecule has 5 heteroatoms. The van der Waals surface area contributed by atoms with Crippen molar-refractivity contribution in [3.63, 3.8) is 0 Å². The molecule has 1 aliphatic heterocycles. The smallest absolute Gasteiger partial charge is 0.311 e. The second kappa shape index (κ2) is 7.01. The molecule has 0 bridgehead atoms. The van der Waals surface area contributed by atoms with Gasteiger partial charge in [-0.15, -0.1) is 0 Å². The molecule has 0 amide bonds. The van der Waals surface area contributed by atoms with Crippen molar-refractivity contribution in [2.75, 3.05) is 0 Å². The number of carbonyl (C=O) groups excluding carboxylic acids is 1.